The molecule has 0 fully saturated rings. The normalized spacial score (nSPS) is 11.7. The molecule has 0 aliphatic carbocycles. The second-order valence-corrected chi connectivity index (χ2v) is 2.93. The van der Waals surface area contributed by atoms with Gasteiger partial charge < -0.3 is 9.97 Å². The minimum Gasteiger partial charge on any atom is -0.342 e. The minimum absolute atomic E-state index is 0.0548. The third-order valence-corrected chi connectivity index (χ3v) is 1.88. The molecule has 0 bridgehead atoms. The number of H-pyrrole nitrogens is 2. The van der Waals surface area contributed by atoms with Gasteiger partial charge in [0.15, 0.2) is 17.8 Å². The quantitative estimate of drug-likeness (QED) is 0.770. The first-order valence-electron chi connectivity index (χ1n) is 4.13. The first kappa shape index (κ1) is 10.4. The van der Waals surface area contributed by atoms with Crippen LogP contribution in [-0.4, -0.2) is 26.2 Å². The van der Waals surface area contributed by atoms with Gasteiger partial charge >= 0.3 is 6.18 Å². The van der Waals surface area contributed by atoms with Crippen LogP contribution in [0.1, 0.15) is 16.2 Å². The van der Waals surface area contributed by atoms with Crippen molar-refractivity contribution in [2.75, 3.05) is 0 Å². The van der Waals surface area contributed by atoms with E-state index in [9.17, 15) is 18.0 Å². The standard InChI is InChI=1S/C8H5F3N4O/c9-8(10,11)6-5(2-16)14-7(15-6)4-1-12-3-13-4/h1-3H,(H,12,13)(H,14,15). The lowest BCUT2D eigenvalue weighted by Gasteiger charge is -2.02. The van der Waals surface area contributed by atoms with Crippen LogP contribution in [0.25, 0.3) is 11.5 Å². The lowest BCUT2D eigenvalue weighted by atomic mass is 10.3. The number of alkyl halides is 3. The van der Waals surface area contributed by atoms with E-state index in [-0.39, 0.29) is 17.8 Å². The number of nitrogens with one attached hydrogen (secondary N) is 2. The Labute approximate surface area is 86.7 Å². The molecule has 0 aliphatic heterocycles. The van der Waals surface area contributed by atoms with E-state index in [2.05, 4.69) is 15.0 Å². The maximum atomic E-state index is 12.4. The Morgan fingerprint density at radius 3 is 2.56 bits per heavy atom. The molecule has 0 unspecified atom stereocenters. The summed E-state index contributed by atoms with van der Waals surface area (Å²) in [6.45, 7) is 0. The Balaban J connectivity index is 2.52. The van der Waals surface area contributed by atoms with Crippen LogP contribution >= 0.6 is 0 Å². The van der Waals surface area contributed by atoms with Crippen LogP contribution in [0.5, 0.6) is 0 Å². The molecule has 0 amide bonds. The third-order valence-electron chi connectivity index (χ3n) is 1.88. The van der Waals surface area contributed by atoms with E-state index in [1.165, 1.54) is 12.5 Å². The number of hydrogen-bond acceptors (Lipinski definition) is 3. The predicted octanol–water partition coefficient (Wildman–Crippen LogP) is 1.63. The summed E-state index contributed by atoms with van der Waals surface area (Å²) in [5.41, 5.74) is -1.55. The molecule has 5 nitrogen and oxygen atoms in total. The van der Waals surface area contributed by atoms with Gasteiger partial charge in [-0.1, -0.05) is 0 Å². The SMILES string of the molecule is O=Cc1nc(-c2cnc[nH]2)[nH]c1C(F)(F)F. The second kappa shape index (κ2) is 3.47. The first-order chi connectivity index (χ1) is 7.52. The number of rotatable bonds is 2. The summed E-state index contributed by atoms with van der Waals surface area (Å²) in [5, 5.41) is 0. The third kappa shape index (κ3) is 1.69. The van der Waals surface area contributed by atoms with Gasteiger partial charge in [0.25, 0.3) is 0 Å². The van der Waals surface area contributed by atoms with Gasteiger partial charge in [0.2, 0.25) is 0 Å². The number of nitrogens with zero attached hydrogens (tertiary/aromatic N) is 2. The number of aromatic nitrogens is 4. The molecule has 0 atom stereocenters. The van der Waals surface area contributed by atoms with Gasteiger partial charge in [0.05, 0.1) is 12.5 Å². The number of halogens is 3. The molecule has 2 aromatic rings. The average molecular weight is 230 g/mol. The number of imidazole rings is 2. The molecule has 2 N–H and O–H groups in total. The van der Waals surface area contributed by atoms with Gasteiger partial charge in [0.1, 0.15) is 11.4 Å². The van der Waals surface area contributed by atoms with Crippen LogP contribution in [0.2, 0.25) is 0 Å². The Kier molecular flexibility index (Phi) is 2.26. The van der Waals surface area contributed by atoms with Crippen LogP contribution in [0.15, 0.2) is 12.5 Å². The molecule has 2 rings (SSSR count). The van der Waals surface area contributed by atoms with Gasteiger partial charge in [-0.25, -0.2) is 9.97 Å². The highest BCUT2D eigenvalue weighted by Gasteiger charge is 2.36. The van der Waals surface area contributed by atoms with Gasteiger partial charge in [-0.15, -0.1) is 0 Å². The molecule has 2 heterocycles. The molecule has 16 heavy (non-hydrogen) atoms. The second-order valence-electron chi connectivity index (χ2n) is 2.93. The summed E-state index contributed by atoms with van der Waals surface area (Å²) in [5.74, 6) is -0.0769. The Morgan fingerprint density at radius 1 is 1.38 bits per heavy atom. The summed E-state index contributed by atoms with van der Waals surface area (Å²) in [7, 11) is 0. The van der Waals surface area contributed by atoms with Crippen LogP contribution in [0, 0.1) is 0 Å². The largest absolute Gasteiger partial charge is 0.433 e. The zero-order valence-electron chi connectivity index (χ0n) is 7.67. The highest BCUT2D eigenvalue weighted by atomic mass is 19.4. The topological polar surface area (TPSA) is 74.4 Å². The fourth-order valence-corrected chi connectivity index (χ4v) is 1.20. The number of hydrogen-bond donors (Lipinski definition) is 2. The van der Waals surface area contributed by atoms with Crippen LogP contribution in [0.3, 0.4) is 0 Å². The molecule has 0 radical (unpaired) electrons. The van der Waals surface area contributed by atoms with E-state index in [4.69, 9.17) is 0 Å². The highest BCUT2D eigenvalue weighted by molar-refractivity contribution is 5.75. The molecule has 84 valence electrons. The van der Waals surface area contributed by atoms with Crippen molar-refractivity contribution in [2.24, 2.45) is 0 Å². The minimum atomic E-state index is -4.64. The summed E-state index contributed by atoms with van der Waals surface area (Å²) >= 11 is 0. The maximum absolute atomic E-state index is 12.4. The molecule has 0 saturated carbocycles. The first-order valence-corrected chi connectivity index (χ1v) is 4.13. The zero-order valence-corrected chi connectivity index (χ0v) is 7.67. The van der Waals surface area contributed by atoms with Crippen molar-refractivity contribution in [1.29, 1.82) is 0 Å². The summed E-state index contributed by atoms with van der Waals surface area (Å²) in [4.78, 5) is 22.2. The van der Waals surface area contributed by atoms with E-state index in [0.717, 1.165) is 0 Å². The molecule has 0 saturated heterocycles. The summed E-state index contributed by atoms with van der Waals surface area (Å²) in [6.07, 6.45) is -1.99. The summed E-state index contributed by atoms with van der Waals surface area (Å²) in [6, 6.07) is 0. The Hall–Kier alpha value is -2.12. The number of aromatic amines is 2. The van der Waals surface area contributed by atoms with Gasteiger partial charge in [-0.05, 0) is 0 Å². The molecule has 0 aromatic carbocycles. The van der Waals surface area contributed by atoms with E-state index < -0.39 is 17.6 Å². The van der Waals surface area contributed by atoms with Crippen molar-refractivity contribution >= 4 is 6.29 Å². The molecule has 8 heteroatoms. The number of carbonyl (C=O) groups excluding carboxylic acids is 1. The molecule has 0 spiro atoms. The lowest BCUT2D eigenvalue weighted by molar-refractivity contribution is -0.141. The number of carbonyl (C=O) groups is 1. The highest BCUT2D eigenvalue weighted by Crippen LogP contribution is 2.31. The van der Waals surface area contributed by atoms with E-state index in [1.807, 2.05) is 4.98 Å². The fraction of sp³-hybridized carbons (Fsp3) is 0.125. The van der Waals surface area contributed by atoms with Crippen molar-refractivity contribution < 1.29 is 18.0 Å². The average Bonchev–Trinajstić information content (AvgIpc) is 2.85. The Morgan fingerprint density at radius 2 is 2.12 bits per heavy atom. The van der Waals surface area contributed by atoms with Crippen molar-refractivity contribution in [2.45, 2.75) is 6.18 Å². The van der Waals surface area contributed by atoms with Crippen molar-refractivity contribution in [3.05, 3.63) is 23.9 Å². The molecular formula is C8H5F3N4O. The van der Waals surface area contributed by atoms with Gasteiger partial charge in [-0.3, -0.25) is 4.79 Å². The van der Waals surface area contributed by atoms with E-state index in [0.29, 0.717) is 0 Å². The zero-order chi connectivity index (χ0) is 11.8. The van der Waals surface area contributed by atoms with Crippen molar-refractivity contribution in [3.63, 3.8) is 0 Å². The number of aldehydes is 1. The fourth-order valence-electron chi connectivity index (χ4n) is 1.20. The van der Waals surface area contributed by atoms with Crippen LogP contribution < -0.4 is 0 Å². The molecule has 0 aliphatic rings. The monoisotopic (exact) mass is 230 g/mol. The van der Waals surface area contributed by atoms with Crippen molar-refractivity contribution in [1.82, 2.24) is 19.9 Å². The van der Waals surface area contributed by atoms with Gasteiger partial charge in [-0.2, -0.15) is 13.2 Å². The van der Waals surface area contributed by atoms with E-state index >= 15 is 0 Å². The molecule has 2 aromatic heterocycles. The molecular weight excluding hydrogens is 225 g/mol. The van der Waals surface area contributed by atoms with Crippen LogP contribution in [0.4, 0.5) is 13.2 Å². The lowest BCUT2D eigenvalue weighted by Crippen LogP contribution is -2.08. The smallest absolute Gasteiger partial charge is 0.342 e. The van der Waals surface area contributed by atoms with E-state index in [1.54, 1.807) is 0 Å². The summed E-state index contributed by atoms with van der Waals surface area (Å²) < 4.78 is 37.3. The van der Waals surface area contributed by atoms with Gasteiger partial charge in [0, 0.05) is 0 Å². The maximum Gasteiger partial charge on any atom is 0.433 e. The van der Waals surface area contributed by atoms with Crippen LogP contribution in [-0.2, 0) is 6.18 Å². The predicted molar refractivity (Wildman–Crippen MR) is 46.6 cm³/mol. The van der Waals surface area contributed by atoms with Crippen molar-refractivity contribution in [3.8, 4) is 11.5 Å². The Bertz CT molecular complexity index is 500.